The van der Waals surface area contributed by atoms with Crippen molar-refractivity contribution in [1.82, 2.24) is 25.5 Å². The average molecular weight is 546 g/mol. The van der Waals surface area contributed by atoms with E-state index >= 15 is 0 Å². The fourth-order valence-electron chi connectivity index (χ4n) is 3.50. The molecule has 0 unspecified atom stereocenters. The number of hydrogen-bond donors (Lipinski definition) is 2. The SMILES string of the molecule is C.CN(c1ccccc1CCCn1nnc([C@@H](COCc2ccccc2)NC(=O)C(C)(C)N)n1)S(C)(=O)=O. The van der Waals surface area contributed by atoms with E-state index in [0.717, 1.165) is 11.1 Å². The molecule has 0 bridgehead atoms. The third-order valence-corrected chi connectivity index (χ3v) is 6.89. The molecule has 1 atom stereocenters. The molecule has 11 nitrogen and oxygen atoms in total. The summed E-state index contributed by atoms with van der Waals surface area (Å²) in [5.41, 5.74) is 7.42. The van der Waals surface area contributed by atoms with Crippen molar-refractivity contribution in [2.75, 3.05) is 24.2 Å². The molecule has 0 saturated carbocycles. The Morgan fingerprint density at radius 1 is 1.16 bits per heavy atom. The van der Waals surface area contributed by atoms with Gasteiger partial charge in [0.05, 0.1) is 37.2 Å². The van der Waals surface area contributed by atoms with Crippen LogP contribution in [0.5, 0.6) is 0 Å². The Morgan fingerprint density at radius 2 is 1.82 bits per heavy atom. The van der Waals surface area contributed by atoms with Crippen LogP contribution in [0.4, 0.5) is 5.69 Å². The second-order valence-electron chi connectivity index (χ2n) is 9.45. The van der Waals surface area contributed by atoms with Crippen molar-refractivity contribution in [3.05, 3.63) is 71.5 Å². The maximum Gasteiger partial charge on any atom is 0.240 e. The zero-order valence-electron chi connectivity index (χ0n) is 21.7. The summed E-state index contributed by atoms with van der Waals surface area (Å²) in [4.78, 5) is 14.0. The number of sulfonamides is 1. The Hall–Kier alpha value is -3.35. The Kier molecular flexibility index (Phi) is 10.9. The number of carbonyl (C=O) groups excluding carboxylic acids is 1. The third kappa shape index (κ3) is 8.89. The van der Waals surface area contributed by atoms with Gasteiger partial charge < -0.3 is 15.8 Å². The van der Waals surface area contributed by atoms with Crippen molar-refractivity contribution >= 4 is 21.6 Å². The number of tetrazole rings is 1. The quantitative estimate of drug-likeness (QED) is 0.333. The van der Waals surface area contributed by atoms with Crippen molar-refractivity contribution in [2.45, 2.75) is 58.8 Å². The molecule has 38 heavy (non-hydrogen) atoms. The van der Waals surface area contributed by atoms with Crippen LogP contribution >= 0.6 is 0 Å². The summed E-state index contributed by atoms with van der Waals surface area (Å²) in [6.07, 6.45) is 2.45. The maximum absolute atomic E-state index is 12.6. The van der Waals surface area contributed by atoms with Crippen LogP contribution in [-0.2, 0) is 39.1 Å². The van der Waals surface area contributed by atoms with Crippen molar-refractivity contribution in [1.29, 1.82) is 0 Å². The maximum atomic E-state index is 12.6. The minimum atomic E-state index is -3.37. The van der Waals surface area contributed by atoms with Crippen LogP contribution in [0.15, 0.2) is 54.6 Å². The molecule has 208 valence electrons. The van der Waals surface area contributed by atoms with Crippen LogP contribution in [0.3, 0.4) is 0 Å². The topological polar surface area (TPSA) is 145 Å². The number of rotatable bonds is 13. The zero-order chi connectivity index (χ0) is 27.1. The first-order chi connectivity index (χ1) is 17.4. The van der Waals surface area contributed by atoms with E-state index in [4.69, 9.17) is 10.5 Å². The molecule has 3 aromatic rings. The molecule has 3 rings (SSSR count). The van der Waals surface area contributed by atoms with Gasteiger partial charge in [-0.2, -0.15) is 4.80 Å². The Morgan fingerprint density at radius 3 is 2.47 bits per heavy atom. The van der Waals surface area contributed by atoms with Gasteiger partial charge >= 0.3 is 0 Å². The number of anilines is 1. The number of amides is 1. The number of nitrogens with two attached hydrogens (primary N) is 1. The fraction of sp³-hybridized carbons (Fsp3) is 0.462. The second-order valence-corrected chi connectivity index (χ2v) is 11.5. The minimum absolute atomic E-state index is 0. The van der Waals surface area contributed by atoms with E-state index in [1.807, 2.05) is 48.5 Å². The van der Waals surface area contributed by atoms with Gasteiger partial charge in [-0.25, -0.2) is 8.42 Å². The van der Waals surface area contributed by atoms with Crippen LogP contribution in [0, 0.1) is 0 Å². The Balaban J connectivity index is 0.00000507. The summed E-state index contributed by atoms with van der Waals surface area (Å²) < 4.78 is 31.1. The lowest BCUT2D eigenvalue weighted by Gasteiger charge is -2.22. The van der Waals surface area contributed by atoms with Crippen molar-refractivity contribution in [2.24, 2.45) is 5.73 Å². The number of aryl methyl sites for hydroxylation is 2. The molecule has 1 heterocycles. The molecule has 0 aliphatic carbocycles. The molecule has 0 radical (unpaired) electrons. The summed E-state index contributed by atoms with van der Waals surface area (Å²) >= 11 is 0. The van der Waals surface area contributed by atoms with E-state index < -0.39 is 21.6 Å². The van der Waals surface area contributed by atoms with E-state index in [1.165, 1.54) is 22.4 Å². The van der Waals surface area contributed by atoms with Crippen molar-refractivity contribution < 1.29 is 17.9 Å². The Labute approximate surface area is 225 Å². The molecule has 1 aromatic heterocycles. The van der Waals surface area contributed by atoms with E-state index in [1.54, 1.807) is 19.9 Å². The van der Waals surface area contributed by atoms with Gasteiger partial charge in [0.1, 0.15) is 6.04 Å². The van der Waals surface area contributed by atoms with Crippen molar-refractivity contribution in [3.8, 4) is 0 Å². The van der Waals surface area contributed by atoms with Gasteiger partial charge in [-0.1, -0.05) is 56.0 Å². The summed E-state index contributed by atoms with van der Waals surface area (Å²) in [5, 5.41) is 15.6. The number of para-hydroxylation sites is 1. The summed E-state index contributed by atoms with van der Waals surface area (Å²) in [7, 11) is -1.83. The van der Waals surface area contributed by atoms with Gasteiger partial charge in [0, 0.05) is 7.05 Å². The standard InChI is InChI=1S/C25H35N7O4S.CH4/c1-25(2,26)24(33)27-21(18-36-17-19-11-6-5-7-12-19)23-28-30-32(29-23)16-10-14-20-13-8-9-15-22(20)31(3)37(4,34)35;/h5-9,11-13,15,21H,10,14,16-18,26H2,1-4H3,(H,27,33);1H4/t21-;/m1./s1. The van der Waals surface area contributed by atoms with Gasteiger partial charge in [-0.05, 0) is 49.1 Å². The zero-order valence-corrected chi connectivity index (χ0v) is 22.5. The molecule has 12 heteroatoms. The molecule has 2 aromatic carbocycles. The molecule has 0 spiro atoms. The number of carbonyl (C=O) groups is 1. The van der Waals surface area contributed by atoms with Crippen LogP contribution < -0.4 is 15.4 Å². The second kappa shape index (κ2) is 13.4. The summed E-state index contributed by atoms with van der Waals surface area (Å²) in [5.74, 6) is -0.0355. The largest absolute Gasteiger partial charge is 0.374 e. The number of ether oxygens (including phenoxy) is 1. The molecule has 1 amide bonds. The van der Waals surface area contributed by atoms with Crippen LogP contribution in [0.25, 0.3) is 0 Å². The highest BCUT2D eigenvalue weighted by atomic mass is 32.2. The molecule has 3 N–H and O–H groups in total. The number of aromatic nitrogens is 4. The van der Waals surface area contributed by atoms with E-state index in [2.05, 4.69) is 20.7 Å². The number of hydrogen-bond acceptors (Lipinski definition) is 8. The summed E-state index contributed by atoms with van der Waals surface area (Å²) in [6.45, 7) is 4.21. The number of nitrogens with one attached hydrogen (secondary N) is 1. The highest BCUT2D eigenvalue weighted by Gasteiger charge is 2.27. The summed E-state index contributed by atoms with van der Waals surface area (Å²) in [6, 6.07) is 16.4. The molecule has 0 saturated heterocycles. The first-order valence-electron chi connectivity index (χ1n) is 12.0. The van der Waals surface area contributed by atoms with E-state index in [9.17, 15) is 13.2 Å². The van der Waals surface area contributed by atoms with E-state index in [0.29, 0.717) is 37.5 Å². The molecular formula is C26H39N7O4S. The normalized spacial score (nSPS) is 12.4. The number of benzene rings is 2. The lowest BCUT2D eigenvalue weighted by molar-refractivity contribution is -0.126. The molecule has 0 fully saturated rings. The van der Waals surface area contributed by atoms with Gasteiger partial charge in [-0.3, -0.25) is 9.10 Å². The minimum Gasteiger partial charge on any atom is -0.374 e. The Bertz CT molecular complexity index is 1270. The highest BCUT2D eigenvalue weighted by Crippen LogP contribution is 2.22. The smallest absolute Gasteiger partial charge is 0.240 e. The highest BCUT2D eigenvalue weighted by molar-refractivity contribution is 7.92. The predicted molar refractivity (Wildman–Crippen MR) is 148 cm³/mol. The molecule has 0 aliphatic rings. The molecular weight excluding hydrogens is 506 g/mol. The van der Waals surface area contributed by atoms with Crippen LogP contribution in [-0.4, -0.2) is 60.0 Å². The first-order valence-corrected chi connectivity index (χ1v) is 13.8. The average Bonchev–Trinajstić information content (AvgIpc) is 3.31. The van der Waals surface area contributed by atoms with Gasteiger partial charge in [0.25, 0.3) is 0 Å². The monoisotopic (exact) mass is 545 g/mol. The first kappa shape index (κ1) is 30.9. The molecule has 0 aliphatic heterocycles. The lowest BCUT2D eigenvalue weighted by atomic mass is 10.1. The van der Waals surface area contributed by atoms with Crippen LogP contribution in [0.2, 0.25) is 0 Å². The van der Waals surface area contributed by atoms with E-state index in [-0.39, 0.29) is 19.9 Å². The van der Waals surface area contributed by atoms with Gasteiger partial charge in [0.2, 0.25) is 15.9 Å². The third-order valence-electron chi connectivity index (χ3n) is 5.70. The lowest BCUT2D eigenvalue weighted by Crippen LogP contribution is -2.50. The predicted octanol–water partition coefficient (Wildman–Crippen LogP) is 2.45. The van der Waals surface area contributed by atoms with Crippen LogP contribution in [0.1, 0.15) is 50.7 Å². The fourth-order valence-corrected chi connectivity index (χ4v) is 4.04. The van der Waals surface area contributed by atoms with Crippen molar-refractivity contribution in [3.63, 3.8) is 0 Å². The van der Waals surface area contributed by atoms with Gasteiger partial charge in [0.15, 0.2) is 5.82 Å². The van der Waals surface area contributed by atoms with Gasteiger partial charge in [-0.15, -0.1) is 10.2 Å². The number of nitrogens with zero attached hydrogens (tertiary/aromatic N) is 5.